The van der Waals surface area contributed by atoms with Crippen LogP contribution in [0.5, 0.6) is 0 Å². The predicted molar refractivity (Wildman–Crippen MR) is 201 cm³/mol. The zero-order valence-corrected chi connectivity index (χ0v) is 27.7. The molecule has 0 unspecified atom stereocenters. The van der Waals surface area contributed by atoms with Gasteiger partial charge in [0.1, 0.15) is 0 Å². The van der Waals surface area contributed by atoms with E-state index in [2.05, 4.69) is 91.2 Å². The molecule has 3 aromatic heterocycles. The monoisotopic (exact) mass is 647 g/mol. The van der Waals surface area contributed by atoms with E-state index >= 15 is 0 Å². The van der Waals surface area contributed by atoms with Gasteiger partial charge in [-0.2, -0.15) is 0 Å². The van der Waals surface area contributed by atoms with Gasteiger partial charge in [0.15, 0.2) is 17.5 Å². The molecule has 6 heteroatoms. The van der Waals surface area contributed by atoms with E-state index in [0.29, 0.717) is 17.5 Å². The van der Waals surface area contributed by atoms with Gasteiger partial charge in [-0.25, -0.2) is 19.9 Å². The first-order valence-electron chi connectivity index (χ1n) is 16.5. The first-order valence-corrected chi connectivity index (χ1v) is 17.3. The van der Waals surface area contributed by atoms with Crippen LogP contribution in [-0.4, -0.2) is 24.5 Å². The molecule has 3 heterocycles. The van der Waals surface area contributed by atoms with E-state index in [9.17, 15) is 0 Å². The van der Waals surface area contributed by atoms with Gasteiger partial charge in [0.25, 0.3) is 0 Å². The van der Waals surface area contributed by atoms with E-state index in [0.717, 1.165) is 44.3 Å². The summed E-state index contributed by atoms with van der Waals surface area (Å²) < 4.78 is 3.63. The van der Waals surface area contributed by atoms with Crippen LogP contribution in [0.1, 0.15) is 25.0 Å². The Morgan fingerprint density at radius 3 is 1.94 bits per heavy atom. The number of hydrogen-bond acceptors (Lipinski definition) is 5. The predicted octanol–water partition coefficient (Wildman–Crippen LogP) is 10.9. The fourth-order valence-corrected chi connectivity index (χ4v) is 8.37. The average molecular weight is 648 g/mol. The van der Waals surface area contributed by atoms with Crippen LogP contribution in [0, 0.1) is 0 Å². The third-order valence-electron chi connectivity index (χ3n) is 9.98. The maximum absolute atomic E-state index is 5.01. The van der Waals surface area contributed by atoms with Gasteiger partial charge >= 0.3 is 0 Å². The van der Waals surface area contributed by atoms with E-state index in [1.807, 2.05) is 66.2 Å². The molecule has 0 radical (unpaired) electrons. The summed E-state index contributed by atoms with van der Waals surface area (Å²) in [5.41, 5.74) is 14.5. The van der Waals surface area contributed by atoms with Crippen molar-refractivity contribution in [3.05, 3.63) is 150 Å². The third kappa shape index (κ3) is 4.24. The molecule has 1 aliphatic rings. The van der Waals surface area contributed by atoms with Crippen LogP contribution < -0.4 is 0 Å². The minimum atomic E-state index is -0.131. The molecule has 9 aromatic rings. The largest absolute Gasteiger partial charge is 0.309 e. The molecule has 0 saturated carbocycles. The van der Waals surface area contributed by atoms with Crippen LogP contribution in [0.2, 0.25) is 0 Å². The number of hydrogen-bond donors (Lipinski definition) is 0. The summed E-state index contributed by atoms with van der Waals surface area (Å²) >= 11 is 1.71. The zero-order chi connectivity index (χ0) is 32.7. The molecule has 6 aromatic carbocycles. The van der Waals surface area contributed by atoms with Crippen molar-refractivity contribution in [1.29, 1.82) is 0 Å². The SMILES string of the molecule is CC1(C)c2ccc(-n3c4ccccc4c4cc(-c5nc(-c6ccccc6)nc(-c6ccccc6)n5)ccc43)cc2-c2ccc3scnc3c21. The number of aromatic nitrogens is 5. The molecule has 0 aliphatic heterocycles. The fourth-order valence-electron chi connectivity index (χ4n) is 7.69. The first kappa shape index (κ1) is 28.1. The Hall–Kier alpha value is -5.98. The minimum absolute atomic E-state index is 0.131. The van der Waals surface area contributed by atoms with Crippen LogP contribution in [0.3, 0.4) is 0 Å². The second-order valence-corrected chi connectivity index (χ2v) is 14.1. The molecule has 1 aliphatic carbocycles. The Labute approximate surface area is 287 Å². The molecule has 0 amide bonds. The van der Waals surface area contributed by atoms with Crippen LogP contribution in [0.25, 0.3) is 83.0 Å². The van der Waals surface area contributed by atoms with Crippen molar-refractivity contribution >= 4 is 43.4 Å². The molecule has 0 atom stereocenters. The summed E-state index contributed by atoms with van der Waals surface area (Å²) in [6, 6.07) is 46.9. The molecule has 49 heavy (non-hydrogen) atoms. The van der Waals surface area contributed by atoms with Crippen LogP contribution in [0.4, 0.5) is 0 Å². The molecular formula is C43H29N5S. The summed E-state index contributed by atoms with van der Waals surface area (Å²) in [6.07, 6.45) is 0. The van der Waals surface area contributed by atoms with Gasteiger partial charge < -0.3 is 4.57 Å². The molecule has 0 fully saturated rings. The maximum atomic E-state index is 5.01. The topological polar surface area (TPSA) is 56.5 Å². The lowest BCUT2D eigenvalue weighted by atomic mass is 9.82. The van der Waals surface area contributed by atoms with E-state index in [1.54, 1.807) is 11.3 Å². The number of rotatable bonds is 4. The quantitative estimate of drug-likeness (QED) is 0.191. The second-order valence-electron chi connectivity index (χ2n) is 13.2. The Morgan fingerprint density at radius 2 is 1.20 bits per heavy atom. The smallest absolute Gasteiger partial charge is 0.164 e. The summed E-state index contributed by atoms with van der Waals surface area (Å²) in [5.74, 6) is 1.96. The van der Waals surface area contributed by atoms with Crippen LogP contribution in [-0.2, 0) is 5.41 Å². The van der Waals surface area contributed by atoms with Gasteiger partial charge in [0.2, 0.25) is 0 Å². The molecule has 0 spiro atoms. The standard InChI is InChI=1S/C43H29N5S/c1-43(2)34-20-18-29(24-32(34)31-19-22-37-39(38(31)43)44-25-49-37)48-35-16-10-9-15-30(35)33-23-28(17-21-36(33)48)42-46-40(26-11-5-3-6-12-26)45-41(47-42)27-13-7-4-8-14-27/h3-25H,1-2H3. The highest BCUT2D eigenvalue weighted by molar-refractivity contribution is 7.16. The van der Waals surface area contributed by atoms with Crippen molar-refractivity contribution in [3.8, 4) is 51.0 Å². The molecule has 0 N–H and O–H groups in total. The second kappa shape index (κ2) is 10.5. The Balaban J connectivity index is 1.16. The van der Waals surface area contributed by atoms with E-state index < -0.39 is 0 Å². The molecule has 5 nitrogen and oxygen atoms in total. The normalized spacial score (nSPS) is 13.3. The molecule has 232 valence electrons. The van der Waals surface area contributed by atoms with Gasteiger partial charge in [-0.05, 0) is 64.7 Å². The Kier molecular flexibility index (Phi) is 6.02. The minimum Gasteiger partial charge on any atom is -0.309 e. The van der Waals surface area contributed by atoms with Gasteiger partial charge in [0, 0.05) is 38.6 Å². The van der Waals surface area contributed by atoms with Gasteiger partial charge in [-0.15, -0.1) is 11.3 Å². The van der Waals surface area contributed by atoms with E-state index in [4.69, 9.17) is 19.9 Å². The van der Waals surface area contributed by atoms with Crippen molar-refractivity contribution in [3.63, 3.8) is 0 Å². The number of fused-ring (bicyclic) bond motifs is 8. The molecule has 0 bridgehead atoms. The fraction of sp³-hybridized carbons (Fsp3) is 0.0698. The van der Waals surface area contributed by atoms with Crippen LogP contribution >= 0.6 is 11.3 Å². The lowest BCUT2D eigenvalue weighted by Crippen LogP contribution is -2.15. The molecular weight excluding hydrogens is 619 g/mol. The van der Waals surface area contributed by atoms with Crippen molar-refractivity contribution in [1.82, 2.24) is 24.5 Å². The van der Waals surface area contributed by atoms with Crippen molar-refractivity contribution in [2.45, 2.75) is 19.3 Å². The van der Waals surface area contributed by atoms with Crippen molar-refractivity contribution in [2.75, 3.05) is 0 Å². The lowest BCUT2D eigenvalue weighted by Gasteiger charge is -2.22. The van der Waals surface area contributed by atoms with Gasteiger partial charge in [-0.1, -0.05) is 105 Å². The molecule has 0 saturated heterocycles. The third-order valence-corrected chi connectivity index (χ3v) is 10.8. The van der Waals surface area contributed by atoms with Crippen molar-refractivity contribution < 1.29 is 0 Å². The van der Waals surface area contributed by atoms with Crippen molar-refractivity contribution in [2.24, 2.45) is 0 Å². The Morgan fingerprint density at radius 1 is 0.551 bits per heavy atom. The Bertz CT molecular complexity index is 2680. The summed E-state index contributed by atoms with van der Waals surface area (Å²) in [5, 5.41) is 2.34. The average Bonchev–Trinajstić information content (AvgIpc) is 3.83. The summed E-state index contributed by atoms with van der Waals surface area (Å²) in [7, 11) is 0. The number of para-hydroxylation sites is 1. The number of thiazole rings is 1. The highest BCUT2D eigenvalue weighted by Crippen LogP contribution is 2.52. The summed E-state index contributed by atoms with van der Waals surface area (Å²) in [6.45, 7) is 4.65. The maximum Gasteiger partial charge on any atom is 0.164 e. The summed E-state index contributed by atoms with van der Waals surface area (Å²) in [4.78, 5) is 19.7. The number of benzene rings is 6. The number of nitrogens with zero attached hydrogens (tertiary/aromatic N) is 5. The zero-order valence-electron chi connectivity index (χ0n) is 26.9. The van der Waals surface area contributed by atoms with E-state index in [1.165, 1.54) is 32.3 Å². The molecule has 10 rings (SSSR count). The van der Waals surface area contributed by atoms with Crippen LogP contribution in [0.15, 0.2) is 139 Å². The van der Waals surface area contributed by atoms with Gasteiger partial charge in [0.05, 0.1) is 26.8 Å². The highest BCUT2D eigenvalue weighted by Gasteiger charge is 2.38. The highest BCUT2D eigenvalue weighted by atomic mass is 32.1. The lowest BCUT2D eigenvalue weighted by molar-refractivity contribution is 0.665. The van der Waals surface area contributed by atoms with E-state index in [-0.39, 0.29) is 5.41 Å². The van der Waals surface area contributed by atoms with Gasteiger partial charge in [-0.3, -0.25) is 0 Å². The first-order chi connectivity index (χ1) is 24.0.